The van der Waals surface area contributed by atoms with Crippen LogP contribution in [0.1, 0.15) is 46.5 Å². The Morgan fingerprint density at radius 1 is 0.679 bits per heavy atom. The van der Waals surface area contributed by atoms with Gasteiger partial charge in [0.15, 0.2) is 0 Å². The van der Waals surface area contributed by atoms with Crippen LogP contribution in [-0.2, 0) is 41.8 Å². The van der Waals surface area contributed by atoms with Crippen molar-refractivity contribution >= 4 is 71.5 Å². The summed E-state index contributed by atoms with van der Waals surface area (Å²) in [5.74, 6) is 1.66. The van der Waals surface area contributed by atoms with Crippen molar-refractivity contribution in [3.05, 3.63) is 157 Å². The highest BCUT2D eigenvalue weighted by molar-refractivity contribution is 9.10. The number of amides is 1. The molecule has 0 fully saturated rings. The molecule has 0 bridgehead atoms. The van der Waals surface area contributed by atoms with E-state index in [4.69, 9.17) is 34.2 Å². The van der Waals surface area contributed by atoms with E-state index in [0.29, 0.717) is 61.5 Å². The van der Waals surface area contributed by atoms with Crippen molar-refractivity contribution in [3.8, 4) is 23.0 Å². The second-order valence-electron chi connectivity index (χ2n) is 11.8. The van der Waals surface area contributed by atoms with E-state index in [2.05, 4.69) is 21.2 Å². The largest absolute Gasteiger partial charge is 0.489 e. The second kappa shape index (κ2) is 19.8. The number of halogens is 2. The number of nitrogens with one attached hydrogen (secondary N) is 1. The fourth-order valence-corrected chi connectivity index (χ4v) is 7.12. The van der Waals surface area contributed by atoms with Crippen LogP contribution in [0.15, 0.2) is 124 Å². The highest BCUT2D eigenvalue weighted by Gasteiger charge is 2.15. The monoisotopic (exact) mass is 881 g/mol. The van der Waals surface area contributed by atoms with Gasteiger partial charge < -0.3 is 19.5 Å². The number of hydrogen-bond acceptors (Lipinski definition) is 10. The molecule has 5 aromatic carbocycles. The summed E-state index contributed by atoms with van der Waals surface area (Å²) in [6.07, 6.45) is 2.86. The van der Waals surface area contributed by atoms with Gasteiger partial charge in [-0.25, -0.2) is 0 Å². The lowest BCUT2D eigenvalue weighted by Crippen LogP contribution is -2.16. The third-order valence-corrected chi connectivity index (χ3v) is 10.5. The zero-order valence-electron chi connectivity index (χ0n) is 30.2. The van der Waals surface area contributed by atoms with Gasteiger partial charge in [0.25, 0.3) is 26.1 Å². The first kappa shape index (κ1) is 42.2. The Morgan fingerprint density at radius 3 is 1.75 bits per heavy atom. The van der Waals surface area contributed by atoms with E-state index >= 15 is 0 Å². The normalized spacial score (nSPS) is 11.9. The molecule has 0 saturated heterocycles. The molecule has 0 spiro atoms. The Labute approximate surface area is 339 Å². The minimum atomic E-state index is -3.77. The minimum Gasteiger partial charge on any atom is -0.489 e. The van der Waals surface area contributed by atoms with Crippen molar-refractivity contribution in [2.45, 2.75) is 27.1 Å². The number of benzene rings is 5. The van der Waals surface area contributed by atoms with Gasteiger partial charge in [0.05, 0.1) is 29.1 Å². The Kier molecular flexibility index (Phi) is 14.9. The number of hydrogen-bond donors (Lipinski definition) is 1. The van der Waals surface area contributed by atoms with Gasteiger partial charge >= 0.3 is 0 Å². The molecule has 0 aliphatic carbocycles. The lowest BCUT2D eigenvalue weighted by atomic mass is 10.0. The summed E-state index contributed by atoms with van der Waals surface area (Å²) in [5.41, 5.74) is 3.45. The average Bonchev–Trinajstić information content (AvgIpc) is 3.17. The first-order valence-electron chi connectivity index (χ1n) is 17.1. The molecule has 0 heterocycles. The zero-order valence-corrected chi connectivity index (χ0v) is 34.2. The molecule has 0 atom stereocenters. The summed E-state index contributed by atoms with van der Waals surface area (Å²) in [6, 6.07) is 31.1. The molecule has 11 nitrogen and oxygen atoms in total. The van der Waals surface area contributed by atoms with Gasteiger partial charge in [-0.1, -0.05) is 63.9 Å². The van der Waals surface area contributed by atoms with E-state index < -0.39 is 20.2 Å². The molecular weight excluding hydrogens is 846 g/mol. The van der Waals surface area contributed by atoms with Gasteiger partial charge in [-0.3, -0.25) is 13.2 Å². The van der Waals surface area contributed by atoms with Gasteiger partial charge in [-0.05, 0) is 115 Å². The van der Waals surface area contributed by atoms with Crippen LogP contribution >= 0.6 is 27.5 Å². The SMILES string of the molecule is CCOS(=O)(=O)/C=C/c1ccc(OCc2ccc(COc3ccc(/C=C/S(=O)(=O)OCC)cc3)c(C(=O)Nc3ccc(Oc4ccc(Br)cc4Cl)cc3)c2)cc1. The number of carbonyl (C=O) groups is 1. The molecule has 15 heteroatoms. The second-order valence-corrected chi connectivity index (χ2v) is 16.1. The number of carbonyl (C=O) groups excluding carboxylic acids is 1. The molecule has 0 aliphatic heterocycles. The molecule has 0 aliphatic rings. The van der Waals surface area contributed by atoms with Crippen LogP contribution in [0.2, 0.25) is 5.02 Å². The third kappa shape index (κ3) is 13.1. The zero-order chi connectivity index (χ0) is 40.1. The number of ether oxygens (including phenoxy) is 3. The molecule has 292 valence electrons. The maximum Gasteiger partial charge on any atom is 0.290 e. The predicted octanol–water partition coefficient (Wildman–Crippen LogP) is 9.98. The summed E-state index contributed by atoms with van der Waals surface area (Å²) in [5, 5.41) is 5.37. The van der Waals surface area contributed by atoms with Crippen LogP contribution in [0.25, 0.3) is 12.2 Å². The third-order valence-electron chi connectivity index (χ3n) is 7.63. The van der Waals surface area contributed by atoms with Crippen LogP contribution in [0.5, 0.6) is 23.0 Å². The van der Waals surface area contributed by atoms with E-state index in [1.54, 1.807) is 111 Å². The molecule has 5 rings (SSSR count). The molecule has 56 heavy (non-hydrogen) atoms. The fourth-order valence-electron chi connectivity index (χ4n) is 4.95. The highest BCUT2D eigenvalue weighted by Crippen LogP contribution is 2.32. The maximum atomic E-state index is 13.8. The predicted molar refractivity (Wildman–Crippen MR) is 221 cm³/mol. The average molecular weight is 883 g/mol. The van der Waals surface area contributed by atoms with Crippen molar-refractivity contribution in [2.24, 2.45) is 0 Å². The van der Waals surface area contributed by atoms with Crippen LogP contribution in [-0.4, -0.2) is 36.0 Å². The summed E-state index contributed by atoms with van der Waals surface area (Å²) >= 11 is 9.68. The molecule has 0 saturated carbocycles. The van der Waals surface area contributed by atoms with E-state index in [0.717, 1.165) is 15.3 Å². The fraction of sp³-hybridized carbons (Fsp3) is 0.146. The van der Waals surface area contributed by atoms with Gasteiger partial charge in [-0.2, -0.15) is 16.8 Å². The van der Waals surface area contributed by atoms with Gasteiger partial charge in [0, 0.05) is 21.3 Å². The Balaban J connectivity index is 1.30. The van der Waals surface area contributed by atoms with E-state index in [-0.39, 0.29) is 32.3 Å². The molecule has 1 N–H and O–H groups in total. The summed E-state index contributed by atoms with van der Waals surface area (Å²) < 4.78 is 75.5. The lowest BCUT2D eigenvalue weighted by Gasteiger charge is -2.15. The van der Waals surface area contributed by atoms with Crippen molar-refractivity contribution in [1.82, 2.24) is 0 Å². The Hall–Kier alpha value is -4.96. The summed E-state index contributed by atoms with van der Waals surface area (Å²) in [7, 11) is -7.53. The van der Waals surface area contributed by atoms with Crippen LogP contribution in [0.3, 0.4) is 0 Å². The molecule has 0 unspecified atom stereocenters. The highest BCUT2D eigenvalue weighted by atomic mass is 79.9. The van der Waals surface area contributed by atoms with Crippen LogP contribution in [0.4, 0.5) is 5.69 Å². The minimum absolute atomic E-state index is 0.0386. The first-order chi connectivity index (χ1) is 26.8. The smallest absolute Gasteiger partial charge is 0.290 e. The standard InChI is InChI=1S/C41H37BrClNO10S2/c1-3-52-55(46,47)23-21-29-6-14-35(15-7-29)50-27-31-5-10-32(28-51-36-16-8-30(9-17-36)22-24-56(48,49)53-4-2)38(25-31)41(45)44-34-12-18-37(19-13-34)54-40-20-11-33(42)26-39(40)43/h5-26H,3-4,27-28H2,1-2H3,(H,44,45)/b23-21+,24-22+. The van der Waals surface area contributed by atoms with Crippen molar-refractivity contribution in [2.75, 3.05) is 18.5 Å². The van der Waals surface area contributed by atoms with Gasteiger partial charge in [0.1, 0.15) is 36.2 Å². The Morgan fingerprint density at radius 2 is 1.21 bits per heavy atom. The first-order valence-corrected chi connectivity index (χ1v) is 21.2. The van der Waals surface area contributed by atoms with Crippen molar-refractivity contribution in [3.63, 3.8) is 0 Å². The Bertz CT molecular complexity index is 2400. The quantitative estimate of drug-likeness (QED) is 0.0845. The van der Waals surface area contributed by atoms with Crippen molar-refractivity contribution < 1.29 is 44.2 Å². The van der Waals surface area contributed by atoms with Crippen molar-refractivity contribution in [1.29, 1.82) is 0 Å². The van der Waals surface area contributed by atoms with E-state index in [1.807, 2.05) is 12.1 Å². The number of anilines is 1. The van der Waals surface area contributed by atoms with Crippen LogP contribution < -0.4 is 19.5 Å². The molecular formula is C41H37BrClNO10S2. The molecule has 0 radical (unpaired) electrons. The van der Waals surface area contributed by atoms with Gasteiger partial charge in [-0.15, -0.1) is 0 Å². The lowest BCUT2D eigenvalue weighted by molar-refractivity contribution is 0.102. The summed E-state index contributed by atoms with van der Waals surface area (Å²) in [6.45, 7) is 3.45. The van der Waals surface area contributed by atoms with E-state index in [9.17, 15) is 21.6 Å². The topological polar surface area (TPSA) is 144 Å². The molecule has 1 amide bonds. The number of rotatable bonds is 18. The van der Waals surface area contributed by atoms with Crippen LogP contribution in [0, 0.1) is 0 Å². The molecule has 5 aromatic rings. The van der Waals surface area contributed by atoms with Gasteiger partial charge in [0.2, 0.25) is 0 Å². The maximum absolute atomic E-state index is 13.8. The molecule has 0 aromatic heterocycles. The van der Waals surface area contributed by atoms with E-state index in [1.165, 1.54) is 12.2 Å². The summed E-state index contributed by atoms with van der Waals surface area (Å²) in [4.78, 5) is 13.8.